The van der Waals surface area contributed by atoms with Crippen LogP contribution < -0.4 is 4.90 Å². The molecule has 10 aromatic carbocycles. The highest BCUT2D eigenvalue weighted by molar-refractivity contribution is 6.23. The van der Waals surface area contributed by atoms with Gasteiger partial charge in [0.2, 0.25) is 0 Å². The summed E-state index contributed by atoms with van der Waals surface area (Å²) in [4.78, 5) is 7.44. The molecule has 1 aromatic heterocycles. The topological polar surface area (TPSA) is 16.1 Å². The second-order valence-corrected chi connectivity index (χ2v) is 19.1. The van der Waals surface area contributed by atoms with Crippen molar-refractivity contribution in [2.24, 2.45) is 0 Å². The van der Waals surface area contributed by atoms with Gasteiger partial charge in [-0.25, -0.2) is 0 Å². The maximum absolute atomic E-state index is 5.00. The fourth-order valence-electron chi connectivity index (χ4n) is 11.7. The van der Waals surface area contributed by atoms with Crippen LogP contribution in [-0.4, -0.2) is 4.98 Å². The van der Waals surface area contributed by atoms with Crippen LogP contribution in [0.5, 0.6) is 0 Å². The minimum Gasteiger partial charge on any atom is -0.308 e. The minimum absolute atomic E-state index is 0.128. The van der Waals surface area contributed by atoms with Gasteiger partial charge in [0, 0.05) is 33.8 Å². The van der Waals surface area contributed by atoms with Crippen LogP contribution in [0.2, 0.25) is 0 Å². The Bertz CT molecular complexity index is 3730. The average Bonchev–Trinajstić information content (AvgIpc) is 3.71. The highest BCUT2D eigenvalue weighted by Crippen LogP contribution is 2.55. The summed E-state index contributed by atoms with van der Waals surface area (Å²) in [5.41, 5.74) is 19.6. The lowest BCUT2D eigenvalue weighted by molar-refractivity contribution is 0.660. The molecule has 0 unspecified atom stereocenters. The number of pyridine rings is 1. The fourth-order valence-corrected chi connectivity index (χ4v) is 11.7. The lowest BCUT2D eigenvalue weighted by Crippen LogP contribution is -2.18. The van der Waals surface area contributed by atoms with Crippen LogP contribution in [0.4, 0.5) is 17.1 Å². The normalized spacial score (nSPS) is 14.1. The summed E-state index contributed by atoms with van der Waals surface area (Å²) in [6.07, 6.45) is 1.91. The lowest BCUT2D eigenvalue weighted by atomic mass is 9.80. The summed E-state index contributed by atoms with van der Waals surface area (Å²) in [5.74, 6) is 0. The van der Waals surface area contributed by atoms with E-state index in [2.05, 4.69) is 227 Å². The van der Waals surface area contributed by atoms with E-state index in [9.17, 15) is 0 Å². The molecule has 13 rings (SSSR count). The van der Waals surface area contributed by atoms with Gasteiger partial charge < -0.3 is 4.90 Å². The van der Waals surface area contributed by atoms with Gasteiger partial charge in [0.15, 0.2) is 0 Å². The molecule has 2 aliphatic rings. The number of hydrogen-bond acceptors (Lipinski definition) is 2. The highest BCUT2D eigenvalue weighted by Gasteiger charge is 2.38. The third-order valence-electron chi connectivity index (χ3n) is 14.9. The molecule has 0 bridgehead atoms. The van der Waals surface area contributed by atoms with Gasteiger partial charge in [-0.15, -0.1) is 0 Å². The molecule has 11 aromatic rings. The molecular weight excluding hydrogens is 785 g/mol. The van der Waals surface area contributed by atoms with Gasteiger partial charge in [0.25, 0.3) is 0 Å². The van der Waals surface area contributed by atoms with Crippen molar-refractivity contribution in [1.29, 1.82) is 0 Å². The van der Waals surface area contributed by atoms with Gasteiger partial charge in [-0.05, 0) is 142 Å². The molecule has 1 heterocycles. The number of fused-ring (bicyclic) bond motifs is 10. The molecule has 0 saturated carbocycles. The molecule has 0 atom stereocenters. The Morgan fingerprint density at radius 1 is 0.354 bits per heavy atom. The highest BCUT2D eigenvalue weighted by atomic mass is 15.1. The molecule has 2 nitrogen and oxygen atoms in total. The second-order valence-electron chi connectivity index (χ2n) is 19.1. The van der Waals surface area contributed by atoms with Crippen molar-refractivity contribution >= 4 is 60.3 Å². The smallest absolute Gasteiger partial charge is 0.0942 e. The van der Waals surface area contributed by atoms with E-state index in [1.807, 2.05) is 12.3 Å². The van der Waals surface area contributed by atoms with Gasteiger partial charge in [0.1, 0.15) is 0 Å². The van der Waals surface area contributed by atoms with Crippen molar-refractivity contribution in [3.05, 3.63) is 229 Å². The minimum atomic E-state index is -0.268. The van der Waals surface area contributed by atoms with Gasteiger partial charge in [0.05, 0.1) is 11.2 Å². The predicted octanol–water partition coefficient (Wildman–Crippen LogP) is 17.1. The molecule has 0 amide bonds. The standard InChI is InChI=1S/C63H46N2/c1-62(2)54-27-12-11-21-45(54)47-33-30-42(37-56(47)62)65(58-28-14-18-40-19-15-35-64-61(40)58)43-31-34-48-46-32-29-41(36-55(46)63(3,4)57(48)38-43)59-50-22-7-9-24-52(50)60(53-25-10-8-23-51(53)59)49-26-13-17-39-16-5-6-20-44(39)49/h5-38H,1-4H3. The molecular formula is C63H46N2. The molecule has 0 radical (unpaired) electrons. The van der Waals surface area contributed by atoms with Crippen molar-refractivity contribution in [3.8, 4) is 44.5 Å². The van der Waals surface area contributed by atoms with Gasteiger partial charge in [-0.3, -0.25) is 4.98 Å². The zero-order chi connectivity index (χ0) is 43.6. The van der Waals surface area contributed by atoms with Gasteiger partial charge in [-0.1, -0.05) is 185 Å². The Hall–Kier alpha value is -7.81. The summed E-state index contributed by atoms with van der Waals surface area (Å²) in [6, 6.07) is 74.6. The number of benzene rings is 10. The monoisotopic (exact) mass is 830 g/mol. The fraction of sp³-hybridized carbons (Fsp3) is 0.0952. The first kappa shape index (κ1) is 37.7. The Morgan fingerprint density at radius 2 is 0.831 bits per heavy atom. The van der Waals surface area contributed by atoms with Gasteiger partial charge in [-0.2, -0.15) is 0 Å². The summed E-state index contributed by atoms with van der Waals surface area (Å²) in [6.45, 7) is 9.54. The van der Waals surface area contributed by atoms with E-state index in [-0.39, 0.29) is 10.8 Å². The average molecular weight is 831 g/mol. The molecule has 0 aliphatic heterocycles. The Kier molecular flexibility index (Phi) is 8.03. The number of para-hydroxylation sites is 1. The van der Waals surface area contributed by atoms with Crippen molar-refractivity contribution in [3.63, 3.8) is 0 Å². The van der Waals surface area contributed by atoms with E-state index in [4.69, 9.17) is 4.98 Å². The molecule has 0 fully saturated rings. The van der Waals surface area contributed by atoms with E-state index in [0.717, 1.165) is 28.0 Å². The van der Waals surface area contributed by atoms with Crippen LogP contribution in [0.15, 0.2) is 206 Å². The van der Waals surface area contributed by atoms with Crippen LogP contribution in [0.1, 0.15) is 49.9 Å². The summed E-state index contributed by atoms with van der Waals surface area (Å²) < 4.78 is 0. The summed E-state index contributed by atoms with van der Waals surface area (Å²) >= 11 is 0. The van der Waals surface area contributed by atoms with Crippen LogP contribution in [0, 0.1) is 0 Å². The Labute approximate surface area is 380 Å². The molecule has 0 spiro atoms. The number of nitrogens with zero attached hydrogens (tertiary/aromatic N) is 2. The van der Waals surface area contributed by atoms with Crippen molar-refractivity contribution < 1.29 is 0 Å². The first-order valence-corrected chi connectivity index (χ1v) is 22.9. The number of anilines is 3. The molecule has 0 saturated heterocycles. The predicted molar refractivity (Wildman–Crippen MR) is 275 cm³/mol. The maximum Gasteiger partial charge on any atom is 0.0942 e. The van der Waals surface area contributed by atoms with Crippen molar-refractivity contribution in [2.45, 2.75) is 38.5 Å². The zero-order valence-electron chi connectivity index (χ0n) is 37.0. The van der Waals surface area contributed by atoms with Crippen LogP contribution >= 0.6 is 0 Å². The maximum atomic E-state index is 5.00. The van der Waals surface area contributed by atoms with Crippen LogP contribution in [0.25, 0.3) is 87.7 Å². The number of hydrogen-bond donors (Lipinski definition) is 0. The van der Waals surface area contributed by atoms with Crippen molar-refractivity contribution in [2.75, 3.05) is 4.90 Å². The Balaban J connectivity index is 0.974. The quantitative estimate of drug-likeness (QED) is 0.161. The Morgan fingerprint density at radius 3 is 1.52 bits per heavy atom. The molecule has 65 heavy (non-hydrogen) atoms. The number of rotatable bonds is 5. The van der Waals surface area contributed by atoms with E-state index < -0.39 is 0 Å². The molecule has 0 N–H and O–H groups in total. The van der Waals surface area contributed by atoms with E-state index >= 15 is 0 Å². The van der Waals surface area contributed by atoms with E-state index in [1.54, 1.807) is 0 Å². The van der Waals surface area contributed by atoms with Crippen LogP contribution in [-0.2, 0) is 10.8 Å². The molecule has 2 heteroatoms. The molecule has 2 aliphatic carbocycles. The zero-order valence-corrected chi connectivity index (χ0v) is 37.0. The van der Waals surface area contributed by atoms with E-state index in [1.165, 1.54) is 99.1 Å². The lowest BCUT2D eigenvalue weighted by Gasteiger charge is -2.30. The first-order valence-electron chi connectivity index (χ1n) is 22.9. The van der Waals surface area contributed by atoms with E-state index in [0.29, 0.717) is 0 Å². The first-order chi connectivity index (χ1) is 31.8. The SMILES string of the molecule is CC1(C)c2ccccc2-c2ccc(N(c3ccc4c(c3)C(C)(C)c3cc(-c5c6ccccc6c(-c6cccc7ccccc67)c6ccccc56)ccc3-4)c3cccc4cccnc34)cc21. The van der Waals surface area contributed by atoms with Crippen LogP contribution in [0.3, 0.4) is 0 Å². The van der Waals surface area contributed by atoms with Crippen molar-refractivity contribution in [1.82, 2.24) is 4.98 Å². The van der Waals surface area contributed by atoms with Gasteiger partial charge >= 0.3 is 0 Å². The third-order valence-corrected chi connectivity index (χ3v) is 14.9. The second kappa shape index (κ2) is 13.8. The molecule has 308 valence electrons. The summed E-state index contributed by atoms with van der Waals surface area (Å²) in [7, 11) is 0. The summed E-state index contributed by atoms with van der Waals surface area (Å²) in [5, 5.41) is 8.73. The third kappa shape index (κ3) is 5.44. The largest absolute Gasteiger partial charge is 0.308 e. The number of aromatic nitrogens is 1.